The summed E-state index contributed by atoms with van der Waals surface area (Å²) in [5, 5.41) is 10.2. The molecule has 7 aromatic carbocycles. The van der Waals surface area contributed by atoms with Gasteiger partial charge in [-0.15, -0.1) is 0 Å². The summed E-state index contributed by atoms with van der Waals surface area (Å²) in [4.78, 5) is 0. The Bertz CT molecular complexity index is 1850. The van der Waals surface area contributed by atoms with Crippen molar-refractivity contribution < 1.29 is 0 Å². The van der Waals surface area contributed by atoms with Crippen LogP contribution in [0.4, 0.5) is 0 Å². The van der Waals surface area contributed by atoms with Gasteiger partial charge in [-0.2, -0.15) is 0 Å². The molecule has 0 saturated heterocycles. The lowest BCUT2D eigenvalue weighted by Gasteiger charge is -2.13. The molecule has 0 fully saturated rings. The molecule has 0 bridgehead atoms. The number of fused-ring (bicyclic) bond motifs is 4. The maximum Gasteiger partial charge on any atom is -0.00988 e. The summed E-state index contributed by atoms with van der Waals surface area (Å²) >= 11 is 0. The molecule has 0 aromatic heterocycles. The molecule has 0 heteroatoms. The molecule has 0 atom stereocenters. The van der Waals surface area contributed by atoms with Gasteiger partial charge >= 0.3 is 0 Å². The molecule has 158 valence electrons. The summed E-state index contributed by atoms with van der Waals surface area (Å²) in [6, 6.07) is 48.7. The van der Waals surface area contributed by atoms with Crippen LogP contribution < -0.4 is 0 Å². The van der Waals surface area contributed by atoms with Crippen molar-refractivity contribution in [3.63, 3.8) is 0 Å². The molecular weight excluding hydrogens is 408 g/mol. The van der Waals surface area contributed by atoms with Crippen LogP contribution in [0.25, 0.3) is 65.3 Å². The number of benzene rings is 7. The molecular formula is C34H22. The summed E-state index contributed by atoms with van der Waals surface area (Å²) < 4.78 is 0. The zero-order valence-corrected chi connectivity index (χ0v) is 18.7. The molecule has 0 aliphatic rings. The smallest absolute Gasteiger partial charge is 0.00988 e. The van der Waals surface area contributed by atoms with E-state index in [9.17, 15) is 0 Å². The van der Waals surface area contributed by atoms with Crippen LogP contribution in [-0.4, -0.2) is 0 Å². The van der Waals surface area contributed by atoms with Crippen LogP contribution in [0.2, 0.25) is 0 Å². The number of hydrogen-bond donors (Lipinski definition) is 0. The number of hydrogen-bond acceptors (Lipinski definition) is 0. The van der Waals surface area contributed by atoms with E-state index in [1.54, 1.807) is 0 Å². The van der Waals surface area contributed by atoms with E-state index in [1.165, 1.54) is 65.3 Å². The van der Waals surface area contributed by atoms with E-state index in [0.29, 0.717) is 0 Å². The SMILES string of the molecule is c1ccc2cc(-c3cccc4cc5c(-c6cccc7ccccc67)cccc5cc34)ccc2c1. The fourth-order valence-electron chi connectivity index (χ4n) is 5.35. The highest BCUT2D eigenvalue weighted by Gasteiger charge is 2.11. The van der Waals surface area contributed by atoms with Gasteiger partial charge in [-0.05, 0) is 83.5 Å². The van der Waals surface area contributed by atoms with Crippen LogP contribution in [0.1, 0.15) is 0 Å². The average Bonchev–Trinajstić information content (AvgIpc) is 2.90. The third-order valence-corrected chi connectivity index (χ3v) is 7.02. The molecule has 0 nitrogen and oxygen atoms in total. The molecule has 34 heavy (non-hydrogen) atoms. The van der Waals surface area contributed by atoms with Crippen molar-refractivity contribution >= 4 is 43.1 Å². The van der Waals surface area contributed by atoms with Crippen molar-refractivity contribution in [3.8, 4) is 22.3 Å². The zero-order chi connectivity index (χ0) is 22.5. The Morgan fingerprint density at radius 3 is 1.56 bits per heavy atom. The van der Waals surface area contributed by atoms with E-state index in [-0.39, 0.29) is 0 Å². The van der Waals surface area contributed by atoms with Gasteiger partial charge in [-0.1, -0.05) is 115 Å². The third-order valence-electron chi connectivity index (χ3n) is 7.02. The van der Waals surface area contributed by atoms with Gasteiger partial charge in [-0.25, -0.2) is 0 Å². The molecule has 0 aliphatic heterocycles. The second kappa shape index (κ2) is 7.57. The minimum atomic E-state index is 1.26. The Balaban J connectivity index is 1.48. The highest BCUT2D eigenvalue weighted by atomic mass is 14.1. The molecule has 0 N–H and O–H groups in total. The number of rotatable bonds is 2. The zero-order valence-electron chi connectivity index (χ0n) is 18.7. The maximum atomic E-state index is 2.37. The van der Waals surface area contributed by atoms with Crippen LogP contribution in [0.15, 0.2) is 133 Å². The first kappa shape index (κ1) is 19.1. The van der Waals surface area contributed by atoms with Gasteiger partial charge in [0.15, 0.2) is 0 Å². The first-order chi connectivity index (χ1) is 16.8. The Morgan fingerprint density at radius 2 is 0.794 bits per heavy atom. The molecule has 0 unspecified atom stereocenters. The minimum absolute atomic E-state index is 1.26. The van der Waals surface area contributed by atoms with Crippen LogP contribution in [0.3, 0.4) is 0 Å². The second-order valence-corrected chi connectivity index (χ2v) is 8.99. The lowest BCUT2D eigenvalue weighted by molar-refractivity contribution is 1.68. The normalized spacial score (nSPS) is 11.5. The van der Waals surface area contributed by atoms with Gasteiger partial charge in [0.05, 0.1) is 0 Å². The van der Waals surface area contributed by atoms with E-state index >= 15 is 0 Å². The van der Waals surface area contributed by atoms with Gasteiger partial charge in [0.1, 0.15) is 0 Å². The summed E-state index contributed by atoms with van der Waals surface area (Å²) in [7, 11) is 0. The molecule has 0 saturated carbocycles. The fourth-order valence-corrected chi connectivity index (χ4v) is 5.35. The largest absolute Gasteiger partial charge is 0.0616 e. The Kier molecular flexibility index (Phi) is 4.25. The topological polar surface area (TPSA) is 0 Å². The van der Waals surface area contributed by atoms with E-state index in [4.69, 9.17) is 0 Å². The highest BCUT2D eigenvalue weighted by Crippen LogP contribution is 2.38. The van der Waals surface area contributed by atoms with E-state index in [0.717, 1.165) is 0 Å². The van der Waals surface area contributed by atoms with E-state index in [2.05, 4.69) is 133 Å². The van der Waals surface area contributed by atoms with Gasteiger partial charge < -0.3 is 0 Å². The molecule has 0 aliphatic carbocycles. The first-order valence-corrected chi connectivity index (χ1v) is 11.8. The fraction of sp³-hybridized carbons (Fsp3) is 0. The maximum absolute atomic E-state index is 2.37. The molecule has 0 heterocycles. The molecule has 0 radical (unpaired) electrons. The van der Waals surface area contributed by atoms with Gasteiger partial charge in [0.25, 0.3) is 0 Å². The quantitative estimate of drug-likeness (QED) is 0.239. The summed E-state index contributed by atoms with van der Waals surface area (Å²) in [6.07, 6.45) is 0. The van der Waals surface area contributed by atoms with Crippen LogP contribution in [-0.2, 0) is 0 Å². The lowest BCUT2D eigenvalue weighted by Crippen LogP contribution is -1.87. The van der Waals surface area contributed by atoms with Crippen LogP contribution in [0.5, 0.6) is 0 Å². The van der Waals surface area contributed by atoms with Crippen molar-refractivity contribution in [1.29, 1.82) is 0 Å². The van der Waals surface area contributed by atoms with Crippen molar-refractivity contribution in [2.45, 2.75) is 0 Å². The monoisotopic (exact) mass is 430 g/mol. The average molecular weight is 431 g/mol. The first-order valence-electron chi connectivity index (χ1n) is 11.8. The van der Waals surface area contributed by atoms with Gasteiger partial charge in [-0.3, -0.25) is 0 Å². The van der Waals surface area contributed by atoms with E-state index in [1.807, 2.05) is 0 Å². The molecule has 0 amide bonds. The highest BCUT2D eigenvalue weighted by molar-refractivity contribution is 6.12. The predicted molar refractivity (Wildman–Crippen MR) is 147 cm³/mol. The third kappa shape index (κ3) is 3.00. The van der Waals surface area contributed by atoms with Gasteiger partial charge in [0, 0.05) is 0 Å². The second-order valence-electron chi connectivity index (χ2n) is 8.99. The van der Waals surface area contributed by atoms with Crippen molar-refractivity contribution in [1.82, 2.24) is 0 Å². The Hall–Kier alpha value is -4.42. The Labute approximate surface area is 198 Å². The van der Waals surface area contributed by atoms with Crippen molar-refractivity contribution in [2.75, 3.05) is 0 Å². The summed E-state index contributed by atoms with van der Waals surface area (Å²) in [5.74, 6) is 0. The van der Waals surface area contributed by atoms with Crippen molar-refractivity contribution in [3.05, 3.63) is 133 Å². The lowest BCUT2D eigenvalue weighted by atomic mass is 9.90. The van der Waals surface area contributed by atoms with Crippen LogP contribution >= 0.6 is 0 Å². The molecule has 7 rings (SSSR count). The predicted octanol–water partition coefficient (Wildman–Crippen LogP) is 9.63. The summed E-state index contributed by atoms with van der Waals surface area (Å²) in [5.41, 5.74) is 5.11. The molecule has 7 aromatic rings. The van der Waals surface area contributed by atoms with Gasteiger partial charge in [0.2, 0.25) is 0 Å². The summed E-state index contributed by atoms with van der Waals surface area (Å²) in [6.45, 7) is 0. The van der Waals surface area contributed by atoms with Crippen molar-refractivity contribution in [2.24, 2.45) is 0 Å². The standard InChI is InChI=1S/C34H22/c1-2-10-25-20-28(19-18-23(25)8-1)30-15-6-12-26-22-34-27(21-33(26)30)13-7-17-32(34)31-16-5-11-24-9-3-4-14-29(24)31/h1-22H. The van der Waals surface area contributed by atoms with Crippen LogP contribution in [0, 0.1) is 0 Å². The molecule has 0 spiro atoms. The Morgan fingerprint density at radius 1 is 0.265 bits per heavy atom. The minimum Gasteiger partial charge on any atom is -0.0616 e. The van der Waals surface area contributed by atoms with E-state index < -0.39 is 0 Å².